The van der Waals surface area contributed by atoms with Gasteiger partial charge in [0.2, 0.25) is 0 Å². The number of hydrogen-bond acceptors (Lipinski definition) is 2. The molecular formula is C19H23BrN2O. The predicted octanol–water partition coefficient (Wildman–Crippen LogP) is 4.57. The van der Waals surface area contributed by atoms with Crippen LogP contribution in [0.5, 0.6) is 0 Å². The van der Waals surface area contributed by atoms with Crippen molar-refractivity contribution in [2.24, 2.45) is 0 Å². The average molecular weight is 375 g/mol. The highest BCUT2D eigenvalue weighted by Gasteiger charge is 2.33. The highest BCUT2D eigenvalue weighted by molar-refractivity contribution is 9.10. The van der Waals surface area contributed by atoms with Crippen LogP contribution >= 0.6 is 15.9 Å². The van der Waals surface area contributed by atoms with Crippen molar-refractivity contribution in [3.05, 3.63) is 61.0 Å². The number of aromatic nitrogens is 2. The van der Waals surface area contributed by atoms with Crippen LogP contribution in [0.1, 0.15) is 60.6 Å². The molecule has 0 bridgehead atoms. The van der Waals surface area contributed by atoms with Crippen molar-refractivity contribution in [2.45, 2.75) is 58.3 Å². The van der Waals surface area contributed by atoms with E-state index in [-0.39, 0.29) is 11.0 Å². The number of nitrogens with zero attached hydrogens (tertiary/aromatic N) is 1. The Hall–Kier alpha value is -1.42. The summed E-state index contributed by atoms with van der Waals surface area (Å²) >= 11 is 3.54. The zero-order valence-electron chi connectivity index (χ0n) is 14.0. The number of hydrogen-bond donors (Lipinski definition) is 1. The standard InChI is InChI=1S/C19H23BrN2O/c1-12-8-14(20)9-13(2)16(12)10-15-11-17(18(23)22-21-15)19(3)6-4-5-7-19/h8-9,11H,4-7,10H2,1-3H3,(H,22,23). The Balaban J connectivity index is 1.98. The van der Waals surface area contributed by atoms with Gasteiger partial charge in [-0.2, -0.15) is 5.10 Å². The van der Waals surface area contributed by atoms with Crippen molar-refractivity contribution in [3.63, 3.8) is 0 Å². The molecule has 1 aromatic heterocycles. The quantitative estimate of drug-likeness (QED) is 0.854. The monoisotopic (exact) mass is 374 g/mol. The Morgan fingerprint density at radius 1 is 1.17 bits per heavy atom. The molecule has 122 valence electrons. The molecule has 1 N–H and O–H groups in total. The summed E-state index contributed by atoms with van der Waals surface area (Å²) in [6, 6.07) is 6.30. The molecule has 1 aromatic carbocycles. The molecule has 4 heteroatoms. The summed E-state index contributed by atoms with van der Waals surface area (Å²) in [7, 11) is 0. The first-order valence-corrected chi connectivity index (χ1v) is 9.03. The van der Waals surface area contributed by atoms with Crippen molar-refractivity contribution >= 4 is 15.9 Å². The maximum atomic E-state index is 12.3. The molecule has 0 radical (unpaired) electrons. The first kappa shape index (κ1) is 16.4. The van der Waals surface area contributed by atoms with Gasteiger partial charge in [0.15, 0.2) is 0 Å². The molecule has 1 aliphatic carbocycles. The Morgan fingerprint density at radius 3 is 2.39 bits per heavy atom. The third-order valence-corrected chi connectivity index (χ3v) is 5.69. The molecule has 0 unspecified atom stereocenters. The van der Waals surface area contributed by atoms with Gasteiger partial charge in [-0.05, 0) is 67.0 Å². The van der Waals surface area contributed by atoms with E-state index in [1.54, 1.807) is 0 Å². The van der Waals surface area contributed by atoms with E-state index in [4.69, 9.17) is 0 Å². The lowest BCUT2D eigenvalue weighted by atomic mass is 9.81. The van der Waals surface area contributed by atoms with E-state index < -0.39 is 0 Å². The molecule has 0 amide bonds. The summed E-state index contributed by atoms with van der Waals surface area (Å²) < 4.78 is 1.10. The second-order valence-electron chi connectivity index (χ2n) is 7.06. The Bertz CT molecular complexity index is 765. The zero-order valence-corrected chi connectivity index (χ0v) is 15.6. The van der Waals surface area contributed by atoms with Gasteiger partial charge in [0, 0.05) is 16.5 Å². The molecule has 0 atom stereocenters. The molecule has 23 heavy (non-hydrogen) atoms. The summed E-state index contributed by atoms with van der Waals surface area (Å²) in [5, 5.41) is 7.02. The lowest BCUT2D eigenvalue weighted by molar-refractivity contribution is 0.482. The van der Waals surface area contributed by atoms with E-state index in [1.807, 2.05) is 6.07 Å². The highest BCUT2D eigenvalue weighted by atomic mass is 79.9. The van der Waals surface area contributed by atoms with Crippen LogP contribution in [-0.4, -0.2) is 10.2 Å². The highest BCUT2D eigenvalue weighted by Crippen LogP contribution is 2.39. The maximum Gasteiger partial charge on any atom is 0.267 e. The molecule has 1 heterocycles. The van der Waals surface area contributed by atoms with Crippen LogP contribution in [0.25, 0.3) is 0 Å². The SMILES string of the molecule is Cc1cc(Br)cc(C)c1Cc1cc(C2(C)CCCC2)c(=O)[nH]n1. The van der Waals surface area contributed by atoms with E-state index in [1.165, 1.54) is 29.5 Å². The fourth-order valence-corrected chi connectivity index (χ4v) is 4.50. The van der Waals surface area contributed by atoms with E-state index in [9.17, 15) is 4.79 Å². The van der Waals surface area contributed by atoms with Crippen LogP contribution in [0, 0.1) is 13.8 Å². The van der Waals surface area contributed by atoms with E-state index in [2.05, 4.69) is 59.0 Å². The number of halogens is 1. The van der Waals surface area contributed by atoms with Gasteiger partial charge in [0.25, 0.3) is 5.56 Å². The third kappa shape index (κ3) is 3.27. The molecule has 3 rings (SSSR count). The lowest BCUT2D eigenvalue weighted by Gasteiger charge is -2.23. The van der Waals surface area contributed by atoms with Gasteiger partial charge in [-0.3, -0.25) is 4.79 Å². The summed E-state index contributed by atoms with van der Waals surface area (Å²) in [5.74, 6) is 0. The van der Waals surface area contributed by atoms with Crippen LogP contribution in [-0.2, 0) is 11.8 Å². The largest absolute Gasteiger partial charge is 0.268 e. The fourth-order valence-electron chi connectivity index (χ4n) is 3.81. The second-order valence-corrected chi connectivity index (χ2v) is 7.98. The number of aryl methyl sites for hydroxylation is 2. The normalized spacial score (nSPS) is 16.7. The number of rotatable bonds is 3. The number of nitrogens with one attached hydrogen (secondary N) is 1. The molecule has 1 fully saturated rings. The molecule has 2 aromatic rings. The van der Waals surface area contributed by atoms with Crippen molar-refractivity contribution in [2.75, 3.05) is 0 Å². The first-order chi connectivity index (χ1) is 10.9. The fraction of sp³-hybridized carbons (Fsp3) is 0.474. The Labute approximate surface area is 145 Å². The van der Waals surface area contributed by atoms with Crippen LogP contribution in [0.2, 0.25) is 0 Å². The summed E-state index contributed by atoms with van der Waals surface area (Å²) in [5.41, 5.74) is 5.62. The van der Waals surface area contributed by atoms with E-state index in [0.29, 0.717) is 0 Å². The van der Waals surface area contributed by atoms with E-state index in [0.717, 1.165) is 35.0 Å². The van der Waals surface area contributed by atoms with Crippen molar-refractivity contribution in [3.8, 4) is 0 Å². The van der Waals surface area contributed by atoms with Gasteiger partial charge in [-0.15, -0.1) is 0 Å². The van der Waals surface area contributed by atoms with Gasteiger partial charge >= 0.3 is 0 Å². The molecule has 1 aliphatic rings. The minimum Gasteiger partial charge on any atom is -0.268 e. The minimum absolute atomic E-state index is 0.00901. The number of benzene rings is 1. The Kier molecular flexibility index (Phi) is 4.45. The molecule has 1 saturated carbocycles. The molecule has 0 saturated heterocycles. The molecular weight excluding hydrogens is 352 g/mol. The second kappa shape index (κ2) is 6.23. The summed E-state index contributed by atoms with van der Waals surface area (Å²) in [6.45, 7) is 6.46. The maximum absolute atomic E-state index is 12.3. The minimum atomic E-state index is -0.0256. The average Bonchev–Trinajstić information content (AvgIpc) is 2.92. The molecule has 0 aliphatic heterocycles. The van der Waals surface area contributed by atoms with Crippen LogP contribution < -0.4 is 5.56 Å². The number of aromatic amines is 1. The zero-order chi connectivity index (χ0) is 16.6. The number of H-pyrrole nitrogens is 1. The van der Waals surface area contributed by atoms with Crippen LogP contribution in [0.3, 0.4) is 0 Å². The Morgan fingerprint density at radius 2 is 1.78 bits per heavy atom. The van der Waals surface area contributed by atoms with Gasteiger partial charge in [-0.25, -0.2) is 5.10 Å². The van der Waals surface area contributed by atoms with Crippen molar-refractivity contribution in [1.29, 1.82) is 0 Å². The van der Waals surface area contributed by atoms with Gasteiger partial charge in [0.05, 0.1) is 5.69 Å². The van der Waals surface area contributed by atoms with Crippen LogP contribution in [0.15, 0.2) is 27.5 Å². The van der Waals surface area contributed by atoms with Gasteiger partial charge in [-0.1, -0.05) is 35.7 Å². The summed E-state index contributed by atoms with van der Waals surface area (Å²) in [4.78, 5) is 12.3. The predicted molar refractivity (Wildman–Crippen MR) is 97.1 cm³/mol. The molecule has 3 nitrogen and oxygen atoms in total. The third-order valence-electron chi connectivity index (χ3n) is 5.23. The van der Waals surface area contributed by atoms with Crippen molar-refractivity contribution < 1.29 is 0 Å². The topological polar surface area (TPSA) is 45.8 Å². The first-order valence-electron chi connectivity index (χ1n) is 8.24. The smallest absolute Gasteiger partial charge is 0.267 e. The summed E-state index contributed by atoms with van der Waals surface area (Å²) in [6.07, 6.45) is 5.35. The van der Waals surface area contributed by atoms with Crippen LogP contribution in [0.4, 0.5) is 0 Å². The van der Waals surface area contributed by atoms with E-state index >= 15 is 0 Å². The van der Waals surface area contributed by atoms with Gasteiger partial charge < -0.3 is 0 Å². The molecule has 0 spiro atoms. The van der Waals surface area contributed by atoms with Crippen molar-refractivity contribution in [1.82, 2.24) is 10.2 Å². The lowest BCUT2D eigenvalue weighted by Crippen LogP contribution is -2.28. The van der Waals surface area contributed by atoms with Gasteiger partial charge in [0.1, 0.15) is 0 Å².